The zero-order valence-corrected chi connectivity index (χ0v) is 10.9. The first kappa shape index (κ1) is 12.7. The molecule has 1 heterocycles. The molecule has 0 radical (unpaired) electrons. The lowest BCUT2D eigenvalue weighted by Crippen LogP contribution is -2.00. The predicted octanol–water partition coefficient (Wildman–Crippen LogP) is 3.44. The van der Waals surface area contributed by atoms with Crippen LogP contribution in [0.15, 0.2) is 42.6 Å². The number of halogens is 1. The van der Waals surface area contributed by atoms with E-state index in [0.29, 0.717) is 11.8 Å². The topological polar surface area (TPSA) is 34.1 Å². The fourth-order valence-electron chi connectivity index (χ4n) is 1.58. The van der Waals surface area contributed by atoms with Gasteiger partial charge in [0.05, 0.1) is 7.11 Å². The van der Waals surface area contributed by atoms with Gasteiger partial charge in [-0.05, 0) is 17.2 Å². The molecule has 0 fully saturated rings. The van der Waals surface area contributed by atoms with Crippen molar-refractivity contribution in [1.82, 2.24) is 4.98 Å². The molecule has 3 nitrogen and oxygen atoms in total. The van der Waals surface area contributed by atoms with Crippen LogP contribution >= 0.6 is 11.6 Å². The summed E-state index contributed by atoms with van der Waals surface area (Å²) in [7, 11) is 1.61. The molecule has 18 heavy (non-hydrogen) atoms. The maximum atomic E-state index is 5.75. The van der Waals surface area contributed by atoms with Crippen LogP contribution in [0, 0.1) is 0 Å². The number of hydrogen-bond donors (Lipinski definition) is 1. The number of methoxy groups -OCH3 is 1. The van der Waals surface area contributed by atoms with E-state index in [1.165, 1.54) is 5.56 Å². The molecule has 2 aromatic rings. The summed E-state index contributed by atoms with van der Waals surface area (Å²) in [5, 5.41) is 3.32. The molecule has 0 unspecified atom stereocenters. The van der Waals surface area contributed by atoms with Crippen LogP contribution in [0.3, 0.4) is 0 Å². The smallest absolute Gasteiger partial charge is 0.214 e. The normalized spacial score (nSPS) is 10.1. The fraction of sp³-hybridized carbons (Fsp3) is 0.214. The predicted molar refractivity (Wildman–Crippen MR) is 74.1 cm³/mol. The number of benzene rings is 1. The summed E-state index contributed by atoms with van der Waals surface area (Å²) in [6.45, 7) is 0.760. The van der Waals surface area contributed by atoms with Crippen LogP contribution in [-0.2, 0) is 12.4 Å². The molecule has 0 saturated heterocycles. The van der Waals surface area contributed by atoms with Gasteiger partial charge in [0.15, 0.2) is 0 Å². The maximum Gasteiger partial charge on any atom is 0.214 e. The number of anilines is 1. The van der Waals surface area contributed by atoms with Gasteiger partial charge in [0.2, 0.25) is 5.88 Å². The largest absolute Gasteiger partial charge is 0.481 e. The third-order valence-electron chi connectivity index (χ3n) is 2.62. The Hall–Kier alpha value is -1.74. The fourth-order valence-corrected chi connectivity index (χ4v) is 1.76. The van der Waals surface area contributed by atoms with Gasteiger partial charge in [0, 0.05) is 30.4 Å². The molecule has 0 saturated carbocycles. The summed E-state index contributed by atoms with van der Waals surface area (Å²) in [6, 6.07) is 12.0. The molecule has 0 amide bonds. The highest BCUT2D eigenvalue weighted by Gasteiger charge is 1.97. The molecule has 0 atom stereocenters. The Kier molecular flexibility index (Phi) is 4.42. The van der Waals surface area contributed by atoms with E-state index in [4.69, 9.17) is 16.3 Å². The number of nitrogens with zero attached hydrogens (tertiary/aromatic N) is 1. The van der Waals surface area contributed by atoms with Crippen LogP contribution in [0.5, 0.6) is 5.88 Å². The Morgan fingerprint density at radius 1 is 1.17 bits per heavy atom. The van der Waals surface area contributed by atoms with Crippen LogP contribution < -0.4 is 10.1 Å². The minimum absolute atomic E-state index is 0.551. The average molecular weight is 263 g/mol. The van der Waals surface area contributed by atoms with E-state index in [2.05, 4.69) is 22.4 Å². The lowest BCUT2D eigenvalue weighted by Gasteiger charge is -2.08. The van der Waals surface area contributed by atoms with E-state index >= 15 is 0 Å². The molecule has 2 rings (SSSR count). The van der Waals surface area contributed by atoms with Crippen LogP contribution in [0.1, 0.15) is 11.1 Å². The molecule has 0 spiro atoms. The second-order valence-electron chi connectivity index (χ2n) is 3.89. The summed E-state index contributed by atoms with van der Waals surface area (Å²) in [5.41, 5.74) is 3.33. The summed E-state index contributed by atoms with van der Waals surface area (Å²) < 4.78 is 5.07. The number of ether oxygens (including phenoxy) is 1. The lowest BCUT2D eigenvalue weighted by atomic mass is 10.1. The van der Waals surface area contributed by atoms with Crippen molar-refractivity contribution in [2.75, 3.05) is 12.4 Å². The van der Waals surface area contributed by atoms with Crippen LogP contribution in [-0.4, -0.2) is 12.1 Å². The van der Waals surface area contributed by atoms with E-state index in [1.54, 1.807) is 13.3 Å². The minimum atomic E-state index is 0.551. The van der Waals surface area contributed by atoms with Gasteiger partial charge in [0.25, 0.3) is 0 Å². The van der Waals surface area contributed by atoms with E-state index in [0.717, 1.165) is 17.8 Å². The van der Waals surface area contributed by atoms with Crippen molar-refractivity contribution in [3.8, 4) is 5.88 Å². The molecular formula is C14H15ClN2O. The first-order chi connectivity index (χ1) is 8.81. The molecule has 0 bridgehead atoms. The summed E-state index contributed by atoms with van der Waals surface area (Å²) in [5.74, 6) is 1.16. The highest BCUT2D eigenvalue weighted by Crippen LogP contribution is 2.15. The van der Waals surface area contributed by atoms with E-state index in [-0.39, 0.29) is 0 Å². The number of hydrogen-bond acceptors (Lipinski definition) is 3. The SMILES string of the molecule is COc1cc(NCc2ccc(CCl)cc2)ccn1. The van der Waals surface area contributed by atoms with Gasteiger partial charge >= 0.3 is 0 Å². The van der Waals surface area contributed by atoms with Crippen molar-refractivity contribution in [2.45, 2.75) is 12.4 Å². The standard InChI is InChI=1S/C14H15ClN2O/c1-18-14-8-13(6-7-16-14)17-10-12-4-2-11(9-15)3-5-12/h2-8H,9-10H2,1H3,(H,16,17). The van der Waals surface area contributed by atoms with Gasteiger partial charge in [-0.3, -0.25) is 0 Å². The lowest BCUT2D eigenvalue weighted by molar-refractivity contribution is 0.398. The third kappa shape index (κ3) is 3.37. The van der Waals surface area contributed by atoms with E-state index < -0.39 is 0 Å². The Morgan fingerprint density at radius 2 is 1.89 bits per heavy atom. The molecule has 4 heteroatoms. The van der Waals surface area contributed by atoms with Crippen molar-refractivity contribution < 1.29 is 4.74 Å². The van der Waals surface area contributed by atoms with Crippen LogP contribution in [0.4, 0.5) is 5.69 Å². The van der Waals surface area contributed by atoms with Crippen molar-refractivity contribution in [3.05, 3.63) is 53.7 Å². The van der Waals surface area contributed by atoms with Crippen molar-refractivity contribution >= 4 is 17.3 Å². The Bertz CT molecular complexity index is 499. The highest BCUT2D eigenvalue weighted by molar-refractivity contribution is 6.17. The molecule has 1 N–H and O–H groups in total. The Labute approximate surface area is 112 Å². The van der Waals surface area contributed by atoms with Gasteiger partial charge in [0.1, 0.15) is 0 Å². The molecule has 1 aromatic heterocycles. The third-order valence-corrected chi connectivity index (χ3v) is 2.93. The summed E-state index contributed by atoms with van der Waals surface area (Å²) in [6.07, 6.45) is 1.72. The molecule has 1 aromatic carbocycles. The number of nitrogens with one attached hydrogen (secondary N) is 1. The van der Waals surface area contributed by atoms with Crippen LogP contribution in [0.25, 0.3) is 0 Å². The zero-order valence-electron chi connectivity index (χ0n) is 10.2. The number of aromatic nitrogens is 1. The zero-order chi connectivity index (χ0) is 12.8. The molecule has 0 aliphatic rings. The van der Waals surface area contributed by atoms with Crippen molar-refractivity contribution in [3.63, 3.8) is 0 Å². The first-order valence-corrected chi connectivity index (χ1v) is 6.23. The first-order valence-electron chi connectivity index (χ1n) is 5.69. The second kappa shape index (κ2) is 6.26. The number of alkyl halides is 1. The van der Waals surface area contributed by atoms with E-state index in [9.17, 15) is 0 Å². The van der Waals surface area contributed by atoms with E-state index in [1.807, 2.05) is 24.3 Å². The second-order valence-corrected chi connectivity index (χ2v) is 4.16. The molecular weight excluding hydrogens is 248 g/mol. The molecule has 0 aliphatic carbocycles. The van der Waals surface area contributed by atoms with Crippen molar-refractivity contribution in [2.24, 2.45) is 0 Å². The number of rotatable bonds is 5. The van der Waals surface area contributed by atoms with Gasteiger partial charge in [-0.25, -0.2) is 4.98 Å². The quantitative estimate of drug-likeness (QED) is 0.838. The van der Waals surface area contributed by atoms with Gasteiger partial charge in [-0.2, -0.15) is 0 Å². The average Bonchev–Trinajstić information content (AvgIpc) is 2.46. The van der Waals surface area contributed by atoms with Crippen molar-refractivity contribution in [1.29, 1.82) is 0 Å². The Morgan fingerprint density at radius 3 is 2.56 bits per heavy atom. The maximum absolute atomic E-state index is 5.75. The van der Waals surface area contributed by atoms with Crippen LogP contribution in [0.2, 0.25) is 0 Å². The summed E-state index contributed by atoms with van der Waals surface area (Å²) >= 11 is 5.75. The van der Waals surface area contributed by atoms with Gasteiger partial charge in [-0.15, -0.1) is 11.6 Å². The molecule has 0 aliphatic heterocycles. The summed E-state index contributed by atoms with van der Waals surface area (Å²) in [4.78, 5) is 4.06. The minimum Gasteiger partial charge on any atom is -0.481 e. The monoisotopic (exact) mass is 262 g/mol. The van der Waals surface area contributed by atoms with Gasteiger partial charge < -0.3 is 10.1 Å². The van der Waals surface area contributed by atoms with Gasteiger partial charge in [-0.1, -0.05) is 24.3 Å². The number of pyridine rings is 1. The highest BCUT2D eigenvalue weighted by atomic mass is 35.5. The molecule has 94 valence electrons. The Balaban J connectivity index is 1.97.